The van der Waals surface area contributed by atoms with Crippen LogP contribution in [-0.2, 0) is 6.61 Å². The number of nitrogens with two attached hydrogens (primary N) is 1. The lowest BCUT2D eigenvalue weighted by molar-refractivity contribution is 0.291. The zero-order valence-electron chi connectivity index (χ0n) is 9.35. The summed E-state index contributed by atoms with van der Waals surface area (Å²) in [4.78, 5) is 7.93. The van der Waals surface area contributed by atoms with E-state index >= 15 is 0 Å². The summed E-state index contributed by atoms with van der Waals surface area (Å²) < 4.78 is 6.63. The Labute approximate surface area is 108 Å². The SMILES string of the molecule is Cc1cnc(N)nc1OCc1cccc(Br)c1. The third-order valence-corrected chi connectivity index (χ3v) is 2.70. The predicted molar refractivity (Wildman–Crippen MR) is 69.7 cm³/mol. The first kappa shape index (κ1) is 11.9. The molecule has 0 spiro atoms. The Hall–Kier alpha value is -1.62. The highest BCUT2D eigenvalue weighted by molar-refractivity contribution is 9.10. The molecule has 2 aromatic rings. The summed E-state index contributed by atoms with van der Waals surface area (Å²) in [6.07, 6.45) is 1.65. The Balaban J connectivity index is 2.09. The van der Waals surface area contributed by atoms with Gasteiger partial charge in [0.1, 0.15) is 6.61 Å². The predicted octanol–water partition coefficient (Wildman–Crippen LogP) is 2.71. The van der Waals surface area contributed by atoms with Crippen molar-refractivity contribution in [1.29, 1.82) is 0 Å². The normalized spacial score (nSPS) is 10.2. The number of benzene rings is 1. The number of nitrogen functional groups attached to an aromatic ring is 1. The monoisotopic (exact) mass is 293 g/mol. The molecule has 0 atom stereocenters. The molecule has 5 heteroatoms. The van der Waals surface area contributed by atoms with Gasteiger partial charge in [0.2, 0.25) is 11.8 Å². The number of halogens is 1. The van der Waals surface area contributed by atoms with E-state index in [0.29, 0.717) is 12.5 Å². The van der Waals surface area contributed by atoms with Gasteiger partial charge in [-0.1, -0.05) is 28.1 Å². The van der Waals surface area contributed by atoms with Crippen LogP contribution >= 0.6 is 15.9 Å². The molecular weight excluding hydrogens is 282 g/mol. The van der Waals surface area contributed by atoms with E-state index in [0.717, 1.165) is 15.6 Å². The lowest BCUT2D eigenvalue weighted by atomic mass is 10.2. The van der Waals surface area contributed by atoms with Gasteiger partial charge in [-0.05, 0) is 24.6 Å². The van der Waals surface area contributed by atoms with Crippen LogP contribution in [0.4, 0.5) is 5.95 Å². The summed E-state index contributed by atoms with van der Waals surface area (Å²) >= 11 is 3.41. The molecule has 0 aliphatic heterocycles. The van der Waals surface area contributed by atoms with Crippen LogP contribution < -0.4 is 10.5 Å². The van der Waals surface area contributed by atoms with Crippen molar-refractivity contribution in [3.8, 4) is 5.88 Å². The van der Waals surface area contributed by atoms with Crippen molar-refractivity contribution in [3.63, 3.8) is 0 Å². The first-order valence-electron chi connectivity index (χ1n) is 5.11. The summed E-state index contributed by atoms with van der Waals surface area (Å²) in [7, 11) is 0. The Kier molecular flexibility index (Phi) is 3.58. The number of aryl methyl sites for hydroxylation is 1. The minimum atomic E-state index is 0.222. The highest BCUT2D eigenvalue weighted by atomic mass is 79.9. The number of nitrogens with zero attached hydrogens (tertiary/aromatic N) is 2. The zero-order chi connectivity index (χ0) is 12.3. The highest BCUT2D eigenvalue weighted by Gasteiger charge is 2.03. The molecule has 1 aromatic carbocycles. The molecule has 0 aliphatic rings. The highest BCUT2D eigenvalue weighted by Crippen LogP contribution is 2.17. The molecule has 2 N–H and O–H groups in total. The summed E-state index contributed by atoms with van der Waals surface area (Å²) in [5, 5.41) is 0. The van der Waals surface area contributed by atoms with Crippen LogP contribution in [0, 0.1) is 6.92 Å². The Morgan fingerprint density at radius 1 is 1.41 bits per heavy atom. The molecule has 0 fully saturated rings. The van der Waals surface area contributed by atoms with E-state index in [-0.39, 0.29) is 5.95 Å². The molecule has 0 saturated heterocycles. The quantitative estimate of drug-likeness (QED) is 0.945. The Morgan fingerprint density at radius 3 is 3.00 bits per heavy atom. The fourth-order valence-electron chi connectivity index (χ4n) is 1.36. The van der Waals surface area contributed by atoms with Gasteiger partial charge in [-0.2, -0.15) is 4.98 Å². The van der Waals surface area contributed by atoms with Gasteiger partial charge in [-0.25, -0.2) is 4.98 Å². The second kappa shape index (κ2) is 5.14. The molecule has 2 rings (SSSR count). The van der Waals surface area contributed by atoms with Crippen LogP contribution in [0.1, 0.15) is 11.1 Å². The smallest absolute Gasteiger partial charge is 0.223 e. The first-order chi connectivity index (χ1) is 8.15. The van der Waals surface area contributed by atoms with Gasteiger partial charge in [0.25, 0.3) is 0 Å². The Morgan fingerprint density at radius 2 is 2.24 bits per heavy atom. The average molecular weight is 294 g/mol. The van der Waals surface area contributed by atoms with Gasteiger partial charge in [-0.15, -0.1) is 0 Å². The second-order valence-electron chi connectivity index (χ2n) is 3.63. The number of hydrogen-bond acceptors (Lipinski definition) is 4. The summed E-state index contributed by atoms with van der Waals surface area (Å²) in [6, 6.07) is 7.92. The maximum absolute atomic E-state index is 5.61. The second-order valence-corrected chi connectivity index (χ2v) is 4.55. The average Bonchev–Trinajstić information content (AvgIpc) is 2.30. The number of ether oxygens (including phenoxy) is 1. The number of rotatable bonds is 3. The van der Waals surface area contributed by atoms with Gasteiger partial charge in [-0.3, -0.25) is 0 Å². The summed E-state index contributed by atoms with van der Waals surface area (Å²) in [5.41, 5.74) is 7.45. The van der Waals surface area contributed by atoms with Crippen molar-refractivity contribution in [3.05, 3.63) is 46.1 Å². The van der Waals surface area contributed by atoms with Gasteiger partial charge in [0.15, 0.2) is 0 Å². The molecule has 1 aromatic heterocycles. The van der Waals surface area contributed by atoms with Crippen LogP contribution in [-0.4, -0.2) is 9.97 Å². The van der Waals surface area contributed by atoms with Gasteiger partial charge >= 0.3 is 0 Å². The number of hydrogen-bond donors (Lipinski definition) is 1. The van der Waals surface area contributed by atoms with Gasteiger partial charge in [0.05, 0.1) is 0 Å². The summed E-state index contributed by atoms with van der Waals surface area (Å²) in [6.45, 7) is 2.34. The van der Waals surface area contributed by atoms with Crippen LogP contribution in [0.2, 0.25) is 0 Å². The molecular formula is C12H12BrN3O. The third kappa shape index (κ3) is 3.17. The molecule has 0 saturated carbocycles. The van der Waals surface area contributed by atoms with E-state index in [4.69, 9.17) is 10.5 Å². The van der Waals surface area contributed by atoms with Gasteiger partial charge in [0, 0.05) is 16.2 Å². The van der Waals surface area contributed by atoms with Crippen molar-refractivity contribution in [2.75, 3.05) is 5.73 Å². The largest absolute Gasteiger partial charge is 0.472 e. The van der Waals surface area contributed by atoms with Crippen molar-refractivity contribution in [1.82, 2.24) is 9.97 Å². The molecule has 88 valence electrons. The standard InChI is InChI=1S/C12H12BrN3O/c1-8-6-15-12(14)16-11(8)17-7-9-3-2-4-10(13)5-9/h2-6H,7H2,1H3,(H2,14,15,16). The van der Waals surface area contributed by atoms with Crippen LogP contribution in [0.5, 0.6) is 5.88 Å². The molecule has 0 bridgehead atoms. The fraction of sp³-hybridized carbons (Fsp3) is 0.167. The third-order valence-electron chi connectivity index (χ3n) is 2.21. The maximum Gasteiger partial charge on any atom is 0.223 e. The zero-order valence-corrected chi connectivity index (χ0v) is 10.9. The van der Waals surface area contributed by atoms with E-state index in [2.05, 4.69) is 25.9 Å². The van der Waals surface area contributed by atoms with Gasteiger partial charge < -0.3 is 10.5 Å². The minimum Gasteiger partial charge on any atom is -0.472 e. The molecule has 4 nitrogen and oxygen atoms in total. The number of anilines is 1. The Bertz CT molecular complexity index is 531. The van der Waals surface area contributed by atoms with Crippen molar-refractivity contribution in [2.45, 2.75) is 13.5 Å². The van der Waals surface area contributed by atoms with E-state index in [1.807, 2.05) is 31.2 Å². The van der Waals surface area contributed by atoms with Crippen molar-refractivity contribution in [2.24, 2.45) is 0 Å². The molecule has 0 amide bonds. The topological polar surface area (TPSA) is 61.0 Å². The molecule has 0 radical (unpaired) electrons. The van der Waals surface area contributed by atoms with Crippen LogP contribution in [0.3, 0.4) is 0 Å². The van der Waals surface area contributed by atoms with Crippen LogP contribution in [0.25, 0.3) is 0 Å². The van der Waals surface area contributed by atoms with E-state index in [1.54, 1.807) is 6.20 Å². The fourth-order valence-corrected chi connectivity index (χ4v) is 1.81. The lowest BCUT2D eigenvalue weighted by Gasteiger charge is -2.08. The first-order valence-corrected chi connectivity index (χ1v) is 5.91. The summed E-state index contributed by atoms with van der Waals surface area (Å²) in [5.74, 6) is 0.748. The molecule has 17 heavy (non-hydrogen) atoms. The van der Waals surface area contributed by atoms with Crippen molar-refractivity contribution >= 4 is 21.9 Å². The number of aromatic nitrogens is 2. The maximum atomic E-state index is 5.61. The lowest BCUT2D eigenvalue weighted by Crippen LogP contribution is -2.02. The van der Waals surface area contributed by atoms with Crippen molar-refractivity contribution < 1.29 is 4.74 Å². The van der Waals surface area contributed by atoms with E-state index in [9.17, 15) is 0 Å². The molecule has 1 heterocycles. The minimum absolute atomic E-state index is 0.222. The van der Waals surface area contributed by atoms with Crippen LogP contribution in [0.15, 0.2) is 34.9 Å². The van der Waals surface area contributed by atoms with E-state index < -0.39 is 0 Å². The molecule has 0 aliphatic carbocycles. The molecule has 0 unspecified atom stereocenters. The van der Waals surface area contributed by atoms with E-state index in [1.165, 1.54) is 0 Å².